The van der Waals surface area contributed by atoms with Gasteiger partial charge in [-0.3, -0.25) is 0 Å². The van der Waals surface area contributed by atoms with Crippen LogP contribution in [0.1, 0.15) is 65.1 Å². The molecule has 0 aromatic heterocycles. The summed E-state index contributed by atoms with van der Waals surface area (Å²) in [7, 11) is 0. The lowest BCUT2D eigenvalue weighted by molar-refractivity contribution is 0.471. The van der Waals surface area contributed by atoms with E-state index in [1.165, 1.54) is 29.1 Å². The van der Waals surface area contributed by atoms with E-state index in [1.54, 1.807) is 0 Å². The Hall–Kier alpha value is -0.470. The summed E-state index contributed by atoms with van der Waals surface area (Å²) in [5.74, 6) is 2.47. The third kappa shape index (κ3) is 5.88. The van der Waals surface area contributed by atoms with Crippen LogP contribution in [0.25, 0.3) is 0 Å². The summed E-state index contributed by atoms with van der Waals surface area (Å²) in [5.41, 5.74) is 3.02. The Morgan fingerprint density at radius 2 is 1.70 bits per heavy atom. The Bertz CT molecular complexity index is 377. The summed E-state index contributed by atoms with van der Waals surface area (Å²) >= 11 is 2.02. The van der Waals surface area contributed by atoms with Gasteiger partial charge < -0.3 is 5.32 Å². The Morgan fingerprint density at radius 3 is 2.20 bits per heavy atom. The Labute approximate surface area is 129 Å². The normalized spacial score (nSPS) is 15.1. The van der Waals surface area contributed by atoms with E-state index in [1.807, 2.05) is 11.8 Å². The molecule has 0 aliphatic rings. The largest absolute Gasteiger partial charge is 0.308 e. The molecule has 1 aromatic rings. The van der Waals surface area contributed by atoms with Crippen LogP contribution < -0.4 is 5.32 Å². The predicted molar refractivity (Wildman–Crippen MR) is 93.8 cm³/mol. The van der Waals surface area contributed by atoms with Crippen molar-refractivity contribution in [3.63, 3.8) is 0 Å². The molecule has 0 aliphatic carbocycles. The first-order chi connectivity index (χ1) is 9.34. The average molecular weight is 294 g/mol. The minimum atomic E-state index is 0.236. The summed E-state index contributed by atoms with van der Waals surface area (Å²) in [6.07, 6.45) is 1.24. The van der Waals surface area contributed by atoms with Crippen LogP contribution in [0.4, 0.5) is 0 Å². The zero-order valence-corrected chi connectivity index (χ0v) is 14.8. The molecule has 0 radical (unpaired) electrons. The van der Waals surface area contributed by atoms with Gasteiger partial charge in [-0.05, 0) is 48.3 Å². The first kappa shape index (κ1) is 17.6. The lowest BCUT2D eigenvalue weighted by Gasteiger charge is -2.23. The highest BCUT2D eigenvalue weighted by atomic mass is 32.2. The summed E-state index contributed by atoms with van der Waals surface area (Å²) in [5, 5.41) is 3.70. The van der Waals surface area contributed by atoms with Crippen molar-refractivity contribution in [3.05, 3.63) is 35.4 Å². The van der Waals surface area contributed by atoms with Crippen molar-refractivity contribution in [2.24, 2.45) is 0 Å². The topological polar surface area (TPSA) is 12.0 Å². The molecule has 0 heterocycles. The zero-order valence-electron chi connectivity index (χ0n) is 14.0. The zero-order chi connectivity index (χ0) is 15.2. The maximum atomic E-state index is 3.70. The Morgan fingerprint density at radius 1 is 1.10 bits per heavy atom. The van der Waals surface area contributed by atoms with Crippen LogP contribution in [0.5, 0.6) is 0 Å². The minimum Gasteiger partial charge on any atom is -0.308 e. The molecule has 0 fully saturated rings. The minimum absolute atomic E-state index is 0.236. The third-order valence-corrected chi connectivity index (χ3v) is 4.64. The fourth-order valence-electron chi connectivity index (χ4n) is 2.28. The molecule has 0 aliphatic heterocycles. The lowest BCUT2D eigenvalue weighted by atomic mass is 9.86. The highest BCUT2D eigenvalue weighted by Crippen LogP contribution is 2.24. The quantitative estimate of drug-likeness (QED) is 0.696. The standard InChI is InChI=1S/C18H31NS/c1-7-20-13-12-14(2)19-15(3)16-8-10-17(11-9-16)18(4,5)6/h8-11,14-15,19H,7,12-13H2,1-6H3. The van der Waals surface area contributed by atoms with Gasteiger partial charge in [-0.2, -0.15) is 11.8 Å². The van der Waals surface area contributed by atoms with E-state index >= 15 is 0 Å². The molecule has 1 aromatic carbocycles. The lowest BCUT2D eigenvalue weighted by Crippen LogP contribution is -2.29. The molecule has 114 valence electrons. The van der Waals surface area contributed by atoms with Gasteiger partial charge in [0.25, 0.3) is 0 Å². The van der Waals surface area contributed by atoms with Gasteiger partial charge in [0.05, 0.1) is 0 Å². The maximum absolute atomic E-state index is 3.70. The van der Waals surface area contributed by atoms with E-state index in [2.05, 4.69) is 71.1 Å². The van der Waals surface area contributed by atoms with Crippen LogP contribution in [0, 0.1) is 0 Å². The summed E-state index contributed by atoms with van der Waals surface area (Å²) in [6, 6.07) is 10.1. The van der Waals surface area contributed by atoms with Crippen molar-refractivity contribution in [3.8, 4) is 0 Å². The SMILES string of the molecule is CCSCCC(C)NC(C)c1ccc(C(C)(C)C)cc1. The fourth-order valence-corrected chi connectivity index (χ4v) is 3.09. The van der Waals surface area contributed by atoms with Gasteiger partial charge in [-0.15, -0.1) is 0 Å². The number of nitrogens with one attached hydrogen (secondary N) is 1. The van der Waals surface area contributed by atoms with E-state index in [-0.39, 0.29) is 5.41 Å². The van der Waals surface area contributed by atoms with E-state index < -0.39 is 0 Å². The molecule has 2 atom stereocenters. The smallest absolute Gasteiger partial charge is 0.0294 e. The third-order valence-electron chi connectivity index (χ3n) is 3.71. The van der Waals surface area contributed by atoms with Crippen molar-refractivity contribution in [2.75, 3.05) is 11.5 Å². The Balaban J connectivity index is 2.53. The molecule has 0 saturated carbocycles. The van der Waals surface area contributed by atoms with Crippen LogP contribution in [-0.4, -0.2) is 17.5 Å². The van der Waals surface area contributed by atoms with Gasteiger partial charge in [0.1, 0.15) is 0 Å². The van der Waals surface area contributed by atoms with E-state index in [9.17, 15) is 0 Å². The number of hydrogen-bond acceptors (Lipinski definition) is 2. The molecule has 0 amide bonds. The fraction of sp³-hybridized carbons (Fsp3) is 0.667. The molecule has 1 rings (SSSR count). The van der Waals surface area contributed by atoms with Gasteiger partial charge in [0.15, 0.2) is 0 Å². The summed E-state index contributed by atoms with van der Waals surface area (Å²) < 4.78 is 0. The van der Waals surface area contributed by atoms with Gasteiger partial charge in [-0.25, -0.2) is 0 Å². The summed E-state index contributed by atoms with van der Waals surface area (Å²) in [4.78, 5) is 0. The molecule has 2 unspecified atom stereocenters. The van der Waals surface area contributed by atoms with Crippen molar-refractivity contribution in [2.45, 2.75) is 65.5 Å². The molecule has 0 spiro atoms. The second-order valence-corrected chi connectivity index (χ2v) is 8.04. The van der Waals surface area contributed by atoms with Crippen LogP contribution in [0.15, 0.2) is 24.3 Å². The number of benzene rings is 1. The monoisotopic (exact) mass is 293 g/mol. The first-order valence-electron chi connectivity index (χ1n) is 7.78. The Kier molecular flexibility index (Phi) is 7.11. The second kappa shape index (κ2) is 8.09. The molecule has 0 bridgehead atoms. The van der Waals surface area contributed by atoms with Gasteiger partial charge in [0.2, 0.25) is 0 Å². The van der Waals surface area contributed by atoms with Crippen molar-refractivity contribution >= 4 is 11.8 Å². The van der Waals surface area contributed by atoms with Crippen LogP contribution in [-0.2, 0) is 5.41 Å². The maximum Gasteiger partial charge on any atom is 0.0294 e. The van der Waals surface area contributed by atoms with Crippen molar-refractivity contribution in [1.82, 2.24) is 5.32 Å². The van der Waals surface area contributed by atoms with E-state index in [4.69, 9.17) is 0 Å². The van der Waals surface area contributed by atoms with Crippen LogP contribution in [0.3, 0.4) is 0 Å². The van der Waals surface area contributed by atoms with E-state index in [0.29, 0.717) is 12.1 Å². The van der Waals surface area contributed by atoms with Gasteiger partial charge in [-0.1, -0.05) is 52.0 Å². The van der Waals surface area contributed by atoms with Crippen LogP contribution in [0.2, 0.25) is 0 Å². The molecular formula is C18H31NS. The molecule has 2 heteroatoms. The molecule has 20 heavy (non-hydrogen) atoms. The molecule has 0 saturated heterocycles. The van der Waals surface area contributed by atoms with Crippen LogP contribution >= 0.6 is 11.8 Å². The highest BCUT2D eigenvalue weighted by Gasteiger charge is 2.14. The molecule has 1 N–H and O–H groups in total. The average Bonchev–Trinajstić information content (AvgIpc) is 2.38. The second-order valence-electron chi connectivity index (χ2n) is 6.65. The number of rotatable bonds is 7. The van der Waals surface area contributed by atoms with Crippen molar-refractivity contribution < 1.29 is 0 Å². The first-order valence-corrected chi connectivity index (χ1v) is 8.94. The number of thioether (sulfide) groups is 1. The highest BCUT2D eigenvalue weighted by molar-refractivity contribution is 7.99. The number of hydrogen-bond donors (Lipinski definition) is 1. The molecular weight excluding hydrogens is 262 g/mol. The summed E-state index contributed by atoms with van der Waals surface area (Å²) in [6.45, 7) is 13.6. The van der Waals surface area contributed by atoms with Gasteiger partial charge >= 0.3 is 0 Å². The van der Waals surface area contributed by atoms with Gasteiger partial charge in [0, 0.05) is 12.1 Å². The predicted octanol–water partition coefficient (Wildman–Crippen LogP) is 5.17. The molecule has 1 nitrogen and oxygen atoms in total. The van der Waals surface area contributed by atoms with Crippen molar-refractivity contribution in [1.29, 1.82) is 0 Å². The van der Waals surface area contributed by atoms with E-state index in [0.717, 1.165) is 0 Å².